The van der Waals surface area contributed by atoms with Crippen LogP contribution in [0.25, 0.3) is 22.0 Å². The van der Waals surface area contributed by atoms with E-state index < -0.39 is 0 Å². The van der Waals surface area contributed by atoms with Crippen LogP contribution in [0.2, 0.25) is 0 Å². The van der Waals surface area contributed by atoms with Crippen molar-refractivity contribution in [3.63, 3.8) is 0 Å². The smallest absolute Gasteiger partial charge is 0.230 e. The summed E-state index contributed by atoms with van der Waals surface area (Å²) >= 11 is 1.48. The minimum Gasteiger partial charge on any atom is -0.493 e. The first-order chi connectivity index (χ1) is 15.1. The third kappa shape index (κ3) is 4.56. The first-order valence-electron chi connectivity index (χ1n) is 9.48. The van der Waals surface area contributed by atoms with Crippen molar-refractivity contribution in [1.29, 1.82) is 0 Å². The van der Waals surface area contributed by atoms with Crippen LogP contribution >= 0.6 is 11.3 Å². The number of hydrogen-bond donors (Lipinski definition) is 1. The van der Waals surface area contributed by atoms with E-state index in [1.807, 2.05) is 59.5 Å². The molecule has 158 valence electrons. The van der Waals surface area contributed by atoms with Gasteiger partial charge in [-0.1, -0.05) is 12.1 Å². The number of nitrogens with zero attached hydrogens (tertiary/aromatic N) is 4. The second-order valence-electron chi connectivity index (χ2n) is 6.78. The van der Waals surface area contributed by atoms with Crippen molar-refractivity contribution in [1.82, 2.24) is 19.7 Å². The van der Waals surface area contributed by atoms with Gasteiger partial charge in [0.2, 0.25) is 5.91 Å². The second-order valence-corrected chi connectivity index (χ2v) is 7.64. The highest BCUT2D eigenvalue weighted by molar-refractivity contribution is 7.13. The number of benzene rings is 2. The SMILES string of the molecule is COc1ccc(-c2nc(CC(=O)Nc3cccc(-c4nncn4C)c3)cs2)cc1OC. The molecular formula is C22H21N5O3S. The molecule has 0 saturated carbocycles. The van der Waals surface area contributed by atoms with E-state index >= 15 is 0 Å². The van der Waals surface area contributed by atoms with Gasteiger partial charge in [-0.15, -0.1) is 21.5 Å². The van der Waals surface area contributed by atoms with Gasteiger partial charge in [-0.3, -0.25) is 4.79 Å². The van der Waals surface area contributed by atoms with Gasteiger partial charge >= 0.3 is 0 Å². The third-order valence-electron chi connectivity index (χ3n) is 4.64. The summed E-state index contributed by atoms with van der Waals surface area (Å²) in [6.45, 7) is 0. The number of nitrogens with one attached hydrogen (secondary N) is 1. The first kappa shape index (κ1) is 20.5. The van der Waals surface area contributed by atoms with E-state index in [1.54, 1.807) is 20.5 Å². The van der Waals surface area contributed by atoms with Crippen LogP contribution in [0.1, 0.15) is 5.69 Å². The molecule has 0 unspecified atom stereocenters. The summed E-state index contributed by atoms with van der Waals surface area (Å²) in [7, 11) is 5.07. The number of carbonyl (C=O) groups is 1. The molecule has 2 aromatic heterocycles. The Morgan fingerprint density at radius 2 is 1.94 bits per heavy atom. The molecule has 1 N–H and O–H groups in total. The summed E-state index contributed by atoms with van der Waals surface area (Å²) in [4.78, 5) is 17.2. The van der Waals surface area contributed by atoms with E-state index in [1.165, 1.54) is 11.3 Å². The van der Waals surface area contributed by atoms with E-state index in [-0.39, 0.29) is 12.3 Å². The van der Waals surface area contributed by atoms with E-state index in [9.17, 15) is 4.79 Å². The molecule has 0 aliphatic rings. The molecule has 0 radical (unpaired) electrons. The van der Waals surface area contributed by atoms with Crippen LogP contribution in [0, 0.1) is 0 Å². The fourth-order valence-electron chi connectivity index (χ4n) is 3.14. The fraction of sp³-hybridized carbons (Fsp3) is 0.182. The number of aryl methyl sites for hydroxylation is 1. The number of carbonyl (C=O) groups excluding carboxylic acids is 1. The van der Waals surface area contributed by atoms with Gasteiger partial charge in [0.05, 0.1) is 26.3 Å². The highest BCUT2D eigenvalue weighted by atomic mass is 32.1. The number of ether oxygens (including phenoxy) is 2. The Hall–Kier alpha value is -3.72. The molecule has 8 nitrogen and oxygen atoms in total. The number of hydrogen-bond acceptors (Lipinski definition) is 7. The zero-order chi connectivity index (χ0) is 21.8. The lowest BCUT2D eigenvalue weighted by Crippen LogP contribution is -2.14. The van der Waals surface area contributed by atoms with Crippen LogP contribution in [0.5, 0.6) is 11.5 Å². The summed E-state index contributed by atoms with van der Waals surface area (Å²) in [5, 5.41) is 13.6. The largest absolute Gasteiger partial charge is 0.493 e. The number of methoxy groups -OCH3 is 2. The summed E-state index contributed by atoms with van der Waals surface area (Å²) in [5.74, 6) is 1.89. The normalized spacial score (nSPS) is 10.7. The van der Waals surface area contributed by atoms with Crippen molar-refractivity contribution < 1.29 is 14.3 Å². The maximum atomic E-state index is 12.6. The number of rotatable bonds is 7. The Bertz CT molecular complexity index is 1220. The first-order valence-corrected chi connectivity index (χ1v) is 10.4. The second kappa shape index (κ2) is 8.97. The molecule has 31 heavy (non-hydrogen) atoms. The Morgan fingerprint density at radius 3 is 2.68 bits per heavy atom. The number of anilines is 1. The lowest BCUT2D eigenvalue weighted by molar-refractivity contribution is -0.115. The molecule has 0 atom stereocenters. The standard InChI is InChI=1S/C22H21N5O3S/c1-27-13-23-26-21(27)14-5-4-6-16(9-14)24-20(28)11-17-12-31-22(25-17)15-7-8-18(29-2)19(10-15)30-3/h4-10,12-13H,11H2,1-3H3,(H,24,28). The van der Waals surface area contributed by atoms with Crippen LogP contribution < -0.4 is 14.8 Å². The molecule has 0 fully saturated rings. The van der Waals surface area contributed by atoms with Gasteiger partial charge in [0.25, 0.3) is 0 Å². The topological polar surface area (TPSA) is 91.2 Å². The average molecular weight is 436 g/mol. The van der Waals surface area contributed by atoms with Gasteiger partial charge < -0.3 is 19.4 Å². The van der Waals surface area contributed by atoms with Crippen LogP contribution in [0.15, 0.2) is 54.2 Å². The maximum Gasteiger partial charge on any atom is 0.230 e. The van der Waals surface area contributed by atoms with Crippen molar-refractivity contribution in [2.24, 2.45) is 7.05 Å². The molecule has 0 aliphatic heterocycles. The van der Waals surface area contributed by atoms with Gasteiger partial charge in [-0.05, 0) is 30.3 Å². The quantitative estimate of drug-likeness (QED) is 0.475. The zero-order valence-corrected chi connectivity index (χ0v) is 18.1. The summed E-state index contributed by atoms with van der Waals surface area (Å²) in [6, 6.07) is 13.1. The van der Waals surface area contributed by atoms with Crippen molar-refractivity contribution in [3.05, 3.63) is 59.9 Å². The van der Waals surface area contributed by atoms with Crippen molar-refractivity contribution in [3.8, 4) is 33.5 Å². The van der Waals surface area contributed by atoms with E-state index in [2.05, 4.69) is 20.5 Å². The minimum absolute atomic E-state index is 0.140. The van der Waals surface area contributed by atoms with Gasteiger partial charge in [-0.25, -0.2) is 4.98 Å². The molecule has 0 spiro atoms. The minimum atomic E-state index is -0.140. The van der Waals surface area contributed by atoms with Gasteiger partial charge in [-0.2, -0.15) is 0 Å². The fourth-order valence-corrected chi connectivity index (χ4v) is 3.96. The molecule has 0 saturated heterocycles. The molecule has 2 aromatic carbocycles. The molecule has 0 aliphatic carbocycles. The summed E-state index contributed by atoms with van der Waals surface area (Å²) < 4.78 is 12.5. The number of thiazole rings is 1. The summed E-state index contributed by atoms with van der Waals surface area (Å²) in [5.41, 5.74) is 3.19. The third-order valence-corrected chi connectivity index (χ3v) is 5.58. The maximum absolute atomic E-state index is 12.6. The Balaban J connectivity index is 1.45. The van der Waals surface area contributed by atoms with Crippen LogP contribution in [0.4, 0.5) is 5.69 Å². The molecule has 4 aromatic rings. The van der Waals surface area contributed by atoms with E-state index in [4.69, 9.17) is 9.47 Å². The molecule has 9 heteroatoms. The van der Waals surface area contributed by atoms with E-state index in [0.29, 0.717) is 22.9 Å². The molecule has 1 amide bonds. The zero-order valence-electron chi connectivity index (χ0n) is 17.3. The molecule has 4 rings (SSSR count). The Labute approximate surface area is 183 Å². The average Bonchev–Trinajstić information content (AvgIpc) is 3.42. The summed E-state index contributed by atoms with van der Waals surface area (Å²) in [6.07, 6.45) is 1.82. The van der Waals surface area contributed by atoms with E-state index in [0.717, 1.165) is 22.0 Å². The van der Waals surface area contributed by atoms with Crippen LogP contribution in [0.3, 0.4) is 0 Å². The predicted octanol–water partition coefficient (Wildman–Crippen LogP) is 3.80. The molecular weight excluding hydrogens is 414 g/mol. The monoisotopic (exact) mass is 435 g/mol. The van der Waals surface area contributed by atoms with Gasteiger partial charge in [0.1, 0.15) is 11.3 Å². The van der Waals surface area contributed by atoms with Crippen molar-refractivity contribution in [2.45, 2.75) is 6.42 Å². The number of amides is 1. The number of aromatic nitrogens is 4. The van der Waals surface area contributed by atoms with Crippen LogP contribution in [-0.2, 0) is 18.3 Å². The van der Waals surface area contributed by atoms with Crippen molar-refractivity contribution >= 4 is 22.9 Å². The predicted molar refractivity (Wildman–Crippen MR) is 119 cm³/mol. The molecule has 0 bridgehead atoms. The molecule has 2 heterocycles. The highest BCUT2D eigenvalue weighted by Gasteiger charge is 2.13. The van der Waals surface area contributed by atoms with Crippen LogP contribution in [-0.4, -0.2) is 39.9 Å². The highest BCUT2D eigenvalue weighted by Crippen LogP contribution is 2.33. The Morgan fingerprint density at radius 1 is 1.10 bits per heavy atom. The van der Waals surface area contributed by atoms with Gasteiger partial charge in [0, 0.05) is 29.2 Å². The lowest BCUT2D eigenvalue weighted by atomic mass is 10.2. The Kier molecular flexibility index (Phi) is 5.94. The lowest BCUT2D eigenvalue weighted by Gasteiger charge is -2.08. The van der Waals surface area contributed by atoms with Crippen molar-refractivity contribution in [2.75, 3.05) is 19.5 Å². The van der Waals surface area contributed by atoms with Gasteiger partial charge in [0.15, 0.2) is 17.3 Å².